The molecule has 3 nitrogen and oxygen atoms in total. The molecule has 0 aliphatic heterocycles. The molecular formula is C13H17NO2. The van der Waals surface area contributed by atoms with E-state index in [9.17, 15) is 4.79 Å². The van der Waals surface area contributed by atoms with E-state index in [1.807, 2.05) is 24.3 Å². The van der Waals surface area contributed by atoms with Gasteiger partial charge in [0.1, 0.15) is 0 Å². The Morgan fingerprint density at radius 2 is 2.12 bits per heavy atom. The smallest absolute Gasteiger partial charge is 0.164 e. The molecule has 2 N–H and O–H groups in total. The van der Waals surface area contributed by atoms with Crippen molar-refractivity contribution in [1.82, 2.24) is 0 Å². The van der Waals surface area contributed by atoms with Gasteiger partial charge in [-0.15, -0.1) is 0 Å². The van der Waals surface area contributed by atoms with Crippen LogP contribution in [0.4, 0.5) is 0 Å². The van der Waals surface area contributed by atoms with Gasteiger partial charge in [0.05, 0.1) is 5.60 Å². The number of methoxy groups -OCH3 is 1. The summed E-state index contributed by atoms with van der Waals surface area (Å²) in [5.41, 5.74) is 7.01. The lowest BCUT2D eigenvalue weighted by atomic mass is 9.96. The third-order valence-electron chi connectivity index (χ3n) is 3.18. The van der Waals surface area contributed by atoms with Crippen molar-refractivity contribution in [3.63, 3.8) is 0 Å². The highest BCUT2D eigenvalue weighted by Crippen LogP contribution is 2.49. The first-order chi connectivity index (χ1) is 7.73. The zero-order valence-electron chi connectivity index (χ0n) is 9.53. The molecule has 3 heteroatoms. The number of ether oxygens (including phenoxy) is 1. The number of rotatable bonds is 5. The average molecular weight is 219 g/mol. The van der Waals surface area contributed by atoms with Crippen LogP contribution in [0, 0.1) is 0 Å². The maximum Gasteiger partial charge on any atom is 0.164 e. The quantitative estimate of drug-likeness (QED) is 0.769. The highest BCUT2D eigenvalue weighted by Gasteiger charge is 2.46. The van der Waals surface area contributed by atoms with Crippen molar-refractivity contribution in [2.75, 3.05) is 13.7 Å². The molecule has 1 fully saturated rings. The van der Waals surface area contributed by atoms with E-state index < -0.39 is 0 Å². The predicted octanol–water partition coefficient (Wildman–Crippen LogP) is 1.85. The number of hydrogen-bond acceptors (Lipinski definition) is 3. The molecule has 1 aromatic rings. The fraction of sp³-hybridized carbons (Fsp3) is 0.462. The summed E-state index contributed by atoms with van der Waals surface area (Å²) in [6.07, 6.45) is 2.39. The molecule has 1 saturated carbocycles. The Hall–Kier alpha value is -1.19. The second kappa shape index (κ2) is 4.36. The molecule has 16 heavy (non-hydrogen) atoms. The molecule has 0 saturated heterocycles. The number of benzene rings is 1. The third-order valence-corrected chi connectivity index (χ3v) is 3.18. The molecule has 86 valence electrons. The molecule has 0 spiro atoms. The number of ketones is 1. The molecule has 2 rings (SSSR count). The lowest BCUT2D eigenvalue weighted by molar-refractivity contribution is 0.0763. The van der Waals surface area contributed by atoms with Gasteiger partial charge >= 0.3 is 0 Å². The van der Waals surface area contributed by atoms with Gasteiger partial charge in [0, 0.05) is 19.1 Å². The summed E-state index contributed by atoms with van der Waals surface area (Å²) in [6.45, 7) is 0.396. The standard InChI is InChI=1S/C13H17NO2/c1-16-13(7-8-13)11-5-3-2-4-10(11)12(15)6-9-14/h2-5H,6-9,14H2,1H3. The number of nitrogens with two attached hydrogens (primary N) is 1. The van der Waals surface area contributed by atoms with Crippen molar-refractivity contribution in [2.45, 2.75) is 24.9 Å². The van der Waals surface area contributed by atoms with Crippen LogP contribution in [0.25, 0.3) is 0 Å². The van der Waals surface area contributed by atoms with E-state index in [1.54, 1.807) is 7.11 Å². The first kappa shape index (κ1) is 11.3. The molecule has 1 aromatic carbocycles. The molecule has 1 aliphatic carbocycles. The lowest BCUT2D eigenvalue weighted by Gasteiger charge is -2.17. The van der Waals surface area contributed by atoms with Crippen LogP contribution in [-0.2, 0) is 10.3 Å². The summed E-state index contributed by atoms with van der Waals surface area (Å²) in [6, 6.07) is 7.69. The minimum Gasteiger partial charge on any atom is -0.374 e. The van der Waals surface area contributed by atoms with Gasteiger partial charge in [-0.2, -0.15) is 0 Å². The minimum atomic E-state index is -0.207. The Bertz CT molecular complexity index is 397. The Morgan fingerprint density at radius 3 is 2.69 bits per heavy atom. The molecule has 0 heterocycles. The second-order valence-electron chi connectivity index (χ2n) is 4.21. The lowest BCUT2D eigenvalue weighted by Crippen LogP contribution is -2.16. The van der Waals surface area contributed by atoms with E-state index in [2.05, 4.69) is 0 Å². The zero-order chi connectivity index (χ0) is 11.6. The van der Waals surface area contributed by atoms with Crippen LogP contribution in [0.2, 0.25) is 0 Å². The Labute approximate surface area is 95.6 Å². The monoisotopic (exact) mass is 219 g/mol. The second-order valence-corrected chi connectivity index (χ2v) is 4.21. The van der Waals surface area contributed by atoms with Crippen molar-refractivity contribution in [2.24, 2.45) is 5.73 Å². The van der Waals surface area contributed by atoms with Crippen LogP contribution in [-0.4, -0.2) is 19.4 Å². The van der Waals surface area contributed by atoms with E-state index in [-0.39, 0.29) is 11.4 Å². The van der Waals surface area contributed by atoms with Crippen molar-refractivity contribution in [1.29, 1.82) is 0 Å². The van der Waals surface area contributed by atoms with Gasteiger partial charge in [0.15, 0.2) is 5.78 Å². The van der Waals surface area contributed by atoms with Crippen molar-refractivity contribution >= 4 is 5.78 Å². The minimum absolute atomic E-state index is 0.112. The summed E-state index contributed by atoms with van der Waals surface area (Å²) in [4.78, 5) is 11.9. The van der Waals surface area contributed by atoms with Crippen LogP contribution in [0.15, 0.2) is 24.3 Å². The number of carbonyl (C=O) groups excluding carboxylic acids is 1. The van der Waals surface area contributed by atoms with E-state index in [0.717, 1.165) is 24.0 Å². The summed E-state index contributed by atoms with van der Waals surface area (Å²) < 4.78 is 5.52. The molecule has 0 radical (unpaired) electrons. The fourth-order valence-corrected chi connectivity index (χ4v) is 2.09. The van der Waals surface area contributed by atoms with Gasteiger partial charge in [-0.25, -0.2) is 0 Å². The summed E-state index contributed by atoms with van der Waals surface area (Å²) in [5.74, 6) is 0.112. The van der Waals surface area contributed by atoms with E-state index in [4.69, 9.17) is 10.5 Å². The number of Topliss-reactive ketones (excluding diaryl/α,β-unsaturated/α-hetero) is 1. The largest absolute Gasteiger partial charge is 0.374 e. The van der Waals surface area contributed by atoms with Crippen LogP contribution < -0.4 is 5.73 Å². The summed E-state index contributed by atoms with van der Waals surface area (Å²) >= 11 is 0. The normalized spacial score (nSPS) is 17.1. The first-order valence-corrected chi connectivity index (χ1v) is 5.61. The van der Waals surface area contributed by atoms with E-state index >= 15 is 0 Å². The van der Waals surface area contributed by atoms with Gasteiger partial charge < -0.3 is 10.5 Å². The molecule has 1 aliphatic rings. The Morgan fingerprint density at radius 1 is 1.44 bits per heavy atom. The van der Waals surface area contributed by atoms with Crippen molar-refractivity contribution in [3.8, 4) is 0 Å². The average Bonchev–Trinajstić information content (AvgIpc) is 3.10. The van der Waals surface area contributed by atoms with Gasteiger partial charge in [0.25, 0.3) is 0 Å². The maximum absolute atomic E-state index is 11.9. The number of carbonyl (C=O) groups is 1. The molecule has 0 aromatic heterocycles. The van der Waals surface area contributed by atoms with Crippen LogP contribution in [0.5, 0.6) is 0 Å². The third kappa shape index (κ3) is 1.88. The first-order valence-electron chi connectivity index (χ1n) is 5.61. The van der Waals surface area contributed by atoms with Crippen LogP contribution in [0.3, 0.4) is 0 Å². The van der Waals surface area contributed by atoms with Crippen molar-refractivity contribution < 1.29 is 9.53 Å². The van der Waals surface area contributed by atoms with E-state index in [0.29, 0.717) is 13.0 Å². The summed E-state index contributed by atoms with van der Waals surface area (Å²) in [7, 11) is 1.71. The molecule has 0 amide bonds. The fourth-order valence-electron chi connectivity index (χ4n) is 2.09. The molecule has 0 unspecified atom stereocenters. The molecule has 0 bridgehead atoms. The van der Waals surface area contributed by atoms with Crippen LogP contribution in [0.1, 0.15) is 35.2 Å². The Kier molecular flexibility index (Phi) is 3.08. The van der Waals surface area contributed by atoms with Gasteiger partial charge in [-0.05, 0) is 24.9 Å². The Balaban J connectivity index is 2.35. The van der Waals surface area contributed by atoms with Gasteiger partial charge in [0.2, 0.25) is 0 Å². The molecule has 0 atom stereocenters. The van der Waals surface area contributed by atoms with Crippen molar-refractivity contribution in [3.05, 3.63) is 35.4 Å². The van der Waals surface area contributed by atoms with E-state index in [1.165, 1.54) is 0 Å². The maximum atomic E-state index is 11.9. The predicted molar refractivity (Wildman–Crippen MR) is 62.4 cm³/mol. The highest BCUT2D eigenvalue weighted by atomic mass is 16.5. The highest BCUT2D eigenvalue weighted by molar-refractivity contribution is 5.98. The van der Waals surface area contributed by atoms with Gasteiger partial charge in [-0.1, -0.05) is 24.3 Å². The van der Waals surface area contributed by atoms with Crippen LogP contribution >= 0.6 is 0 Å². The zero-order valence-corrected chi connectivity index (χ0v) is 9.53. The topological polar surface area (TPSA) is 52.3 Å². The van der Waals surface area contributed by atoms with Gasteiger partial charge in [-0.3, -0.25) is 4.79 Å². The SMILES string of the molecule is COC1(c2ccccc2C(=O)CCN)CC1. The number of hydrogen-bond donors (Lipinski definition) is 1. The summed E-state index contributed by atoms with van der Waals surface area (Å²) in [5, 5.41) is 0. The molecular weight excluding hydrogens is 202 g/mol.